The number of carbonyl (C=O) groups excluding carboxylic acids is 1. The third kappa shape index (κ3) is 3.64. The number of aryl methyl sites for hydroxylation is 1. The number of carbonyl (C=O) groups is 1. The van der Waals surface area contributed by atoms with Crippen molar-refractivity contribution in [3.8, 4) is 5.69 Å². The monoisotopic (exact) mass is 360 g/mol. The number of hydrogen-bond donors (Lipinski definition) is 2. The van der Waals surface area contributed by atoms with Crippen LogP contribution in [-0.2, 0) is 30.8 Å². The molecule has 2 N–H and O–H groups in total. The summed E-state index contributed by atoms with van der Waals surface area (Å²) in [6, 6.07) is 16.4. The predicted octanol–water partition coefficient (Wildman–Crippen LogP) is 2.95. The molecule has 1 aliphatic rings. The third-order valence-corrected chi connectivity index (χ3v) is 5.17. The zero-order valence-electron chi connectivity index (χ0n) is 15.7. The Kier molecular flexibility index (Phi) is 4.77. The molecule has 0 saturated carbocycles. The Bertz CT molecular complexity index is 975. The van der Waals surface area contributed by atoms with Crippen molar-refractivity contribution in [3.63, 3.8) is 0 Å². The van der Waals surface area contributed by atoms with Gasteiger partial charge in [0.15, 0.2) is 0 Å². The normalized spacial score (nSPS) is 12.8. The molecule has 0 unspecified atom stereocenters. The second-order valence-corrected chi connectivity index (χ2v) is 7.06. The van der Waals surface area contributed by atoms with E-state index in [2.05, 4.69) is 33.9 Å². The first-order chi connectivity index (χ1) is 13.1. The van der Waals surface area contributed by atoms with Crippen LogP contribution in [0.4, 0.5) is 0 Å². The SMILES string of the molecule is Cc1nn(-c2ccccc2)c(C)c1CC(=O)NCc1ccc2c(c1)CNC2. The molecule has 5 nitrogen and oxygen atoms in total. The largest absolute Gasteiger partial charge is 0.352 e. The van der Waals surface area contributed by atoms with E-state index in [4.69, 9.17) is 0 Å². The van der Waals surface area contributed by atoms with Gasteiger partial charge in [-0.3, -0.25) is 4.79 Å². The van der Waals surface area contributed by atoms with Crippen LogP contribution in [0, 0.1) is 13.8 Å². The molecule has 0 fully saturated rings. The minimum atomic E-state index is 0.0208. The number of rotatable bonds is 5. The molecule has 0 saturated heterocycles. The highest BCUT2D eigenvalue weighted by Crippen LogP contribution is 2.19. The fraction of sp³-hybridized carbons (Fsp3) is 0.273. The van der Waals surface area contributed by atoms with E-state index in [-0.39, 0.29) is 5.91 Å². The maximum absolute atomic E-state index is 12.5. The fourth-order valence-corrected chi connectivity index (χ4v) is 3.63. The summed E-state index contributed by atoms with van der Waals surface area (Å²) in [5.74, 6) is 0.0208. The lowest BCUT2D eigenvalue weighted by atomic mass is 10.1. The van der Waals surface area contributed by atoms with Crippen molar-refractivity contribution in [2.24, 2.45) is 0 Å². The third-order valence-electron chi connectivity index (χ3n) is 5.17. The van der Waals surface area contributed by atoms with Gasteiger partial charge in [-0.05, 0) is 42.7 Å². The Morgan fingerprint density at radius 2 is 1.89 bits per heavy atom. The number of amides is 1. The summed E-state index contributed by atoms with van der Waals surface area (Å²) in [6.07, 6.45) is 0.344. The Balaban J connectivity index is 1.43. The van der Waals surface area contributed by atoms with Gasteiger partial charge in [0.2, 0.25) is 5.91 Å². The minimum absolute atomic E-state index is 0.0208. The summed E-state index contributed by atoms with van der Waals surface area (Å²) in [7, 11) is 0. The van der Waals surface area contributed by atoms with Crippen LogP contribution in [0.25, 0.3) is 5.69 Å². The van der Waals surface area contributed by atoms with E-state index < -0.39 is 0 Å². The fourth-order valence-electron chi connectivity index (χ4n) is 3.63. The average Bonchev–Trinajstić information content (AvgIpc) is 3.26. The van der Waals surface area contributed by atoms with Gasteiger partial charge in [-0.2, -0.15) is 5.10 Å². The Morgan fingerprint density at radius 1 is 1.11 bits per heavy atom. The van der Waals surface area contributed by atoms with Crippen LogP contribution < -0.4 is 10.6 Å². The van der Waals surface area contributed by atoms with Crippen LogP contribution in [-0.4, -0.2) is 15.7 Å². The standard InChI is InChI=1S/C22H24N4O/c1-15-21(16(2)26(25-15)20-6-4-3-5-7-20)11-22(27)24-12-17-8-9-18-13-23-14-19(18)10-17/h3-10,23H,11-14H2,1-2H3,(H,24,27). The van der Waals surface area contributed by atoms with E-state index in [0.717, 1.165) is 41.3 Å². The first kappa shape index (κ1) is 17.5. The number of para-hydroxylation sites is 1. The number of fused-ring (bicyclic) bond motifs is 1. The second-order valence-electron chi connectivity index (χ2n) is 7.06. The van der Waals surface area contributed by atoms with E-state index in [9.17, 15) is 4.79 Å². The summed E-state index contributed by atoms with van der Waals surface area (Å²) >= 11 is 0. The molecule has 1 aliphatic heterocycles. The van der Waals surface area contributed by atoms with Crippen molar-refractivity contribution < 1.29 is 4.79 Å². The highest BCUT2D eigenvalue weighted by atomic mass is 16.1. The smallest absolute Gasteiger partial charge is 0.224 e. The van der Waals surface area contributed by atoms with Crippen molar-refractivity contribution in [2.75, 3.05) is 0 Å². The highest BCUT2D eigenvalue weighted by Gasteiger charge is 2.16. The van der Waals surface area contributed by atoms with E-state index >= 15 is 0 Å². The lowest BCUT2D eigenvalue weighted by Crippen LogP contribution is -2.25. The van der Waals surface area contributed by atoms with Gasteiger partial charge in [0.25, 0.3) is 0 Å². The van der Waals surface area contributed by atoms with Gasteiger partial charge >= 0.3 is 0 Å². The number of nitrogens with one attached hydrogen (secondary N) is 2. The molecular weight excluding hydrogens is 336 g/mol. The molecule has 0 radical (unpaired) electrons. The summed E-state index contributed by atoms with van der Waals surface area (Å²) in [5.41, 5.74) is 7.74. The van der Waals surface area contributed by atoms with Crippen LogP contribution in [0.5, 0.6) is 0 Å². The predicted molar refractivity (Wildman–Crippen MR) is 106 cm³/mol. The van der Waals surface area contributed by atoms with Gasteiger partial charge in [-0.1, -0.05) is 36.4 Å². The molecule has 5 heteroatoms. The second kappa shape index (κ2) is 7.37. The Labute approximate surface area is 159 Å². The van der Waals surface area contributed by atoms with Gasteiger partial charge in [-0.15, -0.1) is 0 Å². The van der Waals surface area contributed by atoms with E-state index in [1.165, 1.54) is 11.1 Å². The number of hydrogen-bond acceptors (Lipinski definition) is 3. The first-order valence-electron chi connectivity index (χ1n) is 9.30. The molecule has 2 aromatic carbocycles. The number of aromatic nitrogens is 2. The van der Waals surface area contributed by atoms with Crippen molar-refractivity contribution in [2.45, 2.75) is 39.9 Å². The molecule has 1 amide bonds. The Hall–Kier alpha value is -2.92. The minimum Gasteiger partial charge on any atom is -0.352 e. The van der Waals surface area contributed by atoms with Gasteiger partial charge in [0.05, 0.1) is 17.8 Å². The molecule has 0 atom stereocenters. The van der Waals surface area contributed by atoms with Crippen molar-refractivity contribution in [1.29, 1.82) is 0 Å². The van der Waals surface area contributed by atoms with E-state index in [1.807, 2.05) is 48.9 Å². The van der Waals surface area contributed by atoms with E-state index in [0.29, 0.717) is 13.0 Å². The molecule has 138 valence electrons. The van der Waals surface area contributed by atoms with Crippen molar-refractivity contribution in [1.82, 2.24) is 20.4 Å². The maximum atomic E-state index is 12.5. The average molecular weight is 360 g/mol. The van der Waals surface area contributed by atoms with Crippen LogP contribution in [0.3, 0.4) is 0 Å². The van der Waals surface area contributed by atoms with Gasteiger partial charge in [0.1, 0.15) is 0 Å². The highest BCUT2D eigenvalue weighted by molar-refractivity contribution is 5.79. The van der Waals surface area contributed by atoms with Crippen LogP contribution in [0.15, 0.2) is 48.5 Å². The number of benzene rings is 2. The maximum Gasteiger partial charge on any atom is 0.224 e. The lowest BCUT2D eigenvalue weighted by Gasteiger charge is -2.08. The lowest BCUT2D eigenvalue weighted by molar-refractivity contribution is -0.120. The molecule has 1 aromatic heterocycles. The van der Waals surface area contributed by atoms with Crippen LogP contribution in [0.1, 0.15) is 33.6 Å². The summed E-state index contributed by atoms with van der Waals surface area (Å²) in [4.78, 5) is 12.5. The summed E-state index contributed by atoms with van der Waals surface area (Å²) < 4.78 is 1.91. The zero-order valence-corrected chi connectivity index (χ0v) is 15.7. The quantitative estimate of drug-likeness (QED) is 0.735. The molecular formula is C22H24N4O. The number of nitrogens with zero attached hydrogens (tertiary/aromatic N) is 2. The van der Waals surface area contributed by atoms with E-state index in [1.54, 1.807) is 0 Å². The molecule has 27 heavy (non-hydrogen) atoms. The molecule has 0 bridgehead atoms. The van der Waals surface area contributed by atoms with Crippen molar-refractivity contribution in [3.05, 3.63) is 82.2 Å². The molecule has 2 heterocycles. The summed E-state index contributed by atoms with van der Waals surface area (Å²) in [6.45, 7) is 6.38. The molecule has 3 aromatic rings. The molecule has 0 aliphatic carbocycles. The Morgan fingerprint density at radius 3 is 2.70 bits per heavy atom. The van der Waals surface area contributed by atoms with Gasteiger partial charge in [0, 0.05) is 30.9 Å². The summed E-state index contributed by atoms with van der Waals surface area (Å²) in [5, 5.41) is 11.0. The van der Waals surface area contributed by atoms with Crippen molar-refractivity contribution >= 4 is 5.91 Å². The zero-order chi connectivity index (χ0) is 18.8. The first-order valence-corrected chi connectivity index (χ1v) is 9.30. The van der Waals surface area contributed by atoms with Crippen LogP contribution >= 0.6 is 0 Å². The molecule has 0 spiro atoms. The van der Waals surface area contributed by atoms with Crippen LogP contribution in [0.2, 0.25) is 0 Å². The van der Waals surface area contributed by atoms with Gasteiger partial charge in [-0.25, -0.2) is 4.68 Å². The van der Waals surface area contributed by atoms with Gasteiger partial charge < -0.3 is 10.6 Å². The molecule has 4 rings (SSSR count). The topological polar surface area (TPSA) is 59.0 Å².